The van der Waals surface area contributed by atoms with Gasteiger partial charge in [-0.1, -0.05) is 6.07 Å². The molecule has 140 valence electrons. The van der Waals surface area contributed by atoms with Crippen molar-refractivity contribution in [3.63, 3.8) is 0 Å². The SMILES string of the molecule is O=c1cc(N2CCC(O)CC2)cnn1[C@@H]1CCCN(Cc2cccs2)C1. The van der Waals surface area contributed by atoms with Crippen LogP contribution in [0.3, 0.4) is 0 Å². The zero-order valence-corrected chi connectivity index (χ0v) is 15.8. The topological polar surface area (TPSA) is 61.6 Å². The van der Waals surface area contributed by atoms with Crippen molar-refractivity contribution < 1.29 is 5.11 Å². The minimum atomic E-state index is -0.212. The van der Waals surface area contributed by atoms with E-state index in [0.29, 0.717) is 0 Å². The fourth-order valence-electron chi connectivity index (χ4n) is 3.98. The number of thiophene rings is 1. The summed E-state index contributed by atoms with van der Waals surface area (Å²) >= 11 is 1.79. The van der Waals surface area contributed by atoms with E-state index < -0.39 is 0 Å². The number of anilines is 1. The first-order valence-electron chi connectivity index (χ1n) is 9.45. The molecule has 1 atom stereocenters. The summed E-state index contributed by atoms with van der Waals surface area (Å²) in [6.45, 7) is 4.48. The molecule has 0 aromatic carbocycles. The number of rotatable bonds is 4. The lowest BCUT2D eigenvalue weighted by molar-refractivity contribution is 0.145. The zero-order valence-electron chi connectivity index (χ0n) is 15.0. The van der Waals surface area contributed by atoms with E-state index in [1.165, 1.54) is 4.88 Å². The zero-order chi connectivity index (χ0) is 17.9. The van der Waals surface area contributed by atoms with Crippen molar-refractivity contribution in [1.29, 1.82) is 0 Å². The third-order valence-corrected chi connectivity index (χ3v) is 6.29. The van der Waals surface area contributed by atoms with E-state index in [2.05, 4.69) is 32.4 Å². The van der Waals surface area contributed by atoms with Crippen molar-refractivity contribution in [3.05, 3.63) is 45.0 Å². The fourth-order valence-corrected chi connectivity index (χ4v) is 4.72. The van der Waals surface area contributed by atoms with Crippen LogP contribution < -0.4 is 10.5 Å². The number of aromatic nitrogens is 2. The summed E-state index contributed by atoms with van der Waals surface area (Å²) in [6.07, 6.45) is 5.21. The van der Waals surface area contributed by atoms with Gasteiger partial charge in [-0.2, -0.15) is 5.10 Å². The van der Waals surface area contributed by atoms with Crippen molar-refractivity contribution in [2.75, 3.05) is 31.1 Å². The van der Waals surface area contributed by atoms with Gasteiger partial charge >= 0.3 is 0 Å². The Morgan fingerprint density at radius 3 is 2.81 bits per heavy atom. The molecule has 4 heterocycles. The third-order valence-electron chi connectivity index (χ3n) is 5.43. The lowest BCUT2D eigenvalue weighted by atomic mass is 10.1. The summed E-state index contributed by atoms with van der Waals surface area (Å²) in [5.41, 5.74) is 0.862. The largest absolute Gasteiger partial charge is 0.393 e. The van der Waals surface area contributed by atoms with Crippen LogP contribution in [0.25, 0.3) is 0 Å². The Balaban J connectivity index is 1.44. The highest BCUT2D eigenvalue weighted by Crippen LogP contribution is 2.23. The minimum Gasteiger partial charge on any atom is -0.393 e. The highest BCUT2D eigenvalue weighted by molar-refractivity contribution is 7.09. The third kappa shape index (κ3) is 4.00. The first-order chi connectivity index (χ1) is 12.7. The number of aliphatic hydroxyl groups is 1. The van der Waals surface area contributed by atoms with Crippen LogP contribution in [-0.2, 0) is 6.54 Å². The number of nitrogens with zero attached hydrogens (tertiary/aromatic N) is 4. The molecule has 0 radical (unpaired) electrons. The lowest BCUT2D eigenvalue weighted by Crippen LogP contribution is -2.41. The molecule has 7 heteroatoms. The molecule has 0 aliphatic carbocycles. The molecule has 6 nitrogen and oxygen atoms in total. The predicted octanol–water partition coefficient (Wildman–Crippen LogP) is 2.10. The standard InChI is InChI=1S/C19H26N4O2S/c24-17-5-8-22(9-6-17)16-11-19(25)23(20-12-16)15-3-1-7-21(13-15)14-18-4-2-10-26-18/h2,4,10-12,15,17,24H,1,3,5-9,13-14H2/t15-/m1/s1. The van der Waals surface area contributed by atoms with Gasteiger partial charge < -0.3 is 10.0 Å². The Kier molecular flexibility index (Phi) is 5.38. The van der Waals surface area contributed by atoms with Gasteiger partial charge in [0.05, 0.1) is 24.0 Å². The molecule has 26 heavy (non-hydrogen) atoms. The Bertz CT molecular complexity index is 768. The van der Waals surface area contributed by atoms with Gasteiger partial charge in [-0.15, -0.1) is 11.3 Å². The molecule has 0 saturated carbocycles. The average molecular weight is 375 g/mol. The van der Waals surface area contributed by atoms with E-state index in [1.54, 1.807) is 22.1 Å². The lowest BCUT2D eigenvalue weighted by Gasteiger charge is -2.33. The normalized spacial score (nSPS) is 22.7. The summed E-state index contributed by atoms with van der Waals surface area (Å²) in [5, 5.41) is 16.3. The molecule has 2 aliphatic heterocycles. The highest BCUT2D eigenvalue weighted by atomic mass is 32.1. The number of aliphatic hydroxyl groups excluding tert-OH is 1. The van der Waals surface area contributed by atoms with E-state index in [1.807, 2.05) is 6.20 Å². The van der Waals surface area contributed by atoms with Crippen molar-refractivity contribution >= 4 is 17.0 Å². The molecule has 2 fully saturated rings. The summed E-state index contributed by atoms with van der Waals surface area (Å²) in [4.78, 5) is 18.6. The van der Waals surface area contributed by atoms with Crippen LogP contribution in [-0.4, -0.2) is 52.1 Å². The molecular weight excluding hydrogens is 348 g/mol. The van der Waals surface area contributed by atoms with Crippen LogP contribution in [0.1, 0.15) is 36.6 Å². The Hall–Kier alpha value is -1.70. The van der Waals surface area contributed by atoms with Crippen LogP contribution in [0, 0.1) is 0 Å². The number of likely N-dealkylation sites (tertiary alicyclic amines) is 1. The van der Waals surface area contributed by atoms with Gasteiger partial charge in [-0.05, 0) is 43.7 Å². The van der Waals surface area contributed by atoms with Gasteiger partial charge in [0.2, 0.25) is 0 Å². The first kappa shape index (κ1) is 17.7. The maximum absolute atomic E-state index is 12.7. The van der Waals surface area contributed by atoms with Crippen molar-refractivity contribution in [3.8, 4) is 0 Å². The molecule has 0 unspecified atom stereocenters. The summed E-state index contributed by atoms with van der Waals surface area (Å²) in [5.74, 6) is 0. The molecule has 2 aromatic rings. The van der Waals surface area contributed by atoms with Gasteiger partial charge in [-0.3, -0.25) is 9.69 Å². The number of hydrogen-bond acceptors (Lipinski definition) is 6. The maximum Gasteiger partial charge on any atom is 0.269 e. The Morgan fingerprint density at radius 1 is 1.23 bits per heavy atom. The number of piperidine rings is 2. The Morgan fingerprint density at radius 2 is 2.08 bits per heavy atom. The average Bonchev–Trinajstić information content (AvgIpc) is 3.15. The van der Waals surface area contributed by atoms with E-state index in [4.69, 9.17) is 0 Å². The molecule has 4 rings (SSSR count). The van der Waals surface area contributed by atoms with Crippen LogP contribution in [0.15, 0.2) is 34.6 Å². The maximum atomic E-state index is 12.7. The predicted molar refractivity (Wildman–Crippen MR) is 104 cm³/mol. The Labute approximate surface area is 157 Å². The van der Waals surface area contributed by atoms with E-state index >= 15 is 0 Å². The molecule has 2 aliphatic rings. The minimum absolute atomic E-state index is 0.0170. The van der Waals surface area contributed by atoms with E-state index in [0.717, 1.165) is 64.1 Å². The van der Waals surface area contributed by atoms with E-state index in [-0.39, 0.29) is 17.7 Å². The van der Waals surface area contributed by atoms with Gasteiger partial charge in [0.25, 0.3) is 5.56 Å². The monoisotopic (exact) mass is 374 g/mol. The molecule has 2 aromatic heterocycles. The molecule has 0 spiro atoms. The van der Waals surface area contributed by atoms with Crippen LogP contribution in [0.5, 0.6) is 0 Å². The summed E-state index contributed by atoms with van der Waals surface area (Å²) in [6, 6.07) is 6.12. The smallest absolute Gasteiger partial charge is 0.269 e. The van der Waals surface area contributed by atoms with Gasteiger partial charge in [0.1, 0.15) is 0 Å². The summed E-state index contributed by atoms with van der Waals surface area (Å²) in [7, 11) is 0. The second-order valence-electron chi connectivity index (χ2n) is 7.33. The van der Waals surface area contributed by atoms with Crippen molar-refractivity contribution in [2.24, 2.45) is 0 Å². The first-order valence-corrected chi connectivity index (χ1v) is 10.3. The molecule has 1 N–H and O–H groups in total. The van der Waals surface area contributed by atoms with Crippen LogP contribution >= 0.6 is 11.3 Å². The molecule has 2 saturated heterocycles. The van der Waals surface area contributed by atoms with Gasteiger partial charge in [0.15, 0.2) is 0 Å². The van der Waals surface area contributed by atoms with E-state index in [9.17, 15) is 9.90 Å². The molecule has 0 amide bonds. The van der Waals surface area contributed by atoms with Crippen molar-refractivity contribution in [2.45, 2.75) is 44.4 Å². The van der Waals surface area contributed by atoms with Crippen molar-refractivity contribution in [1.82, 2.24) is 14.7 Å². The molecular formula is C19H26N4O2S. The second-order valence-corrected chi connectivity index (χ2v) is 8.36. The fraction of sp³-hybridized carbons (Fsp3) is 0.579. The second kappa shape index (κ2) is 7.90. The summed E-state index contributed by atoms with van der Waals surface area (Å²) < 4.78 is 1.67. The van der Waals surface area contributed by atoms with Crippen LogP contribution in [0.2, 0.25) is 0 Å². The quantitative estimate of drug-likeness (QED) is 0.888. The van der Waals surface area contributed by atoms with Crippen LogP contribution in [0.4, 0.5) is 5.69 Å². The molecule has 0 bridgehead atoms. The van der Waals surface area contributed by atoms with Gasteiger partial charge in [-0.25, -0.2) is 4.68 Å². The van der Waals surface area contributed by atoms with Gasteiger partial charge in [0, 0.05) is 37.1 Å². The number of hydrogen-bond donors (Lipinski definition) is 1. The highest BCUT2D eigenvalue weighted by Gasteiger charge is 2.24.